The summed E-state index contributed by atoms with van der Waals surface area (Å²) in [5.41, 5.74) is 0.788. The zero-order valence-corrected chi connectivity index (χ0v) is 15.0. The summed E-state index contributed by atoms with van der Waals surface area (Å²) in [6.07, 6.45) is 8.17. The van der Waals surface area contributed by atoms with Gasteiger partial charge in [-0.1, -0.05) is 25.8 Å². The van der Waals surface area contributed by atoms with Gasteiger partial charge in [0.2, 0.25) is 0 Å². The summed E-state index contributed by atoms with van der Waals surface area (Å²) in [5, 5.41) is -0.349. The molecule has 0 aromatic heterocycles. The predicted molar refractivity (Wildman–Crippen MR) is 95.0 cm³/mol. The third kappa shape index (κ3) is 3.01. The molecule has 0 saturated heterocycles. The van der Waals surface area contributed by atoms with Crippen molar-refractivity contribution in [2.24, 2.45) is 17.8 Å². The van der Waals surface area contributed by atoms with Gasteiger partial charge in [0.15, 0.2) is 17.5 Å². The molecule has 2 aromatic rings. The van der Waals surface area contributed by atoms with Gasteiger partial charge in [0.25, 0.3) is 0 Å². The molecule has 2 saturated carbocycles. The lowest BCUT2D eigenvalue weighted by Gasteiger charge is -2.42. The molecule has 2 aliphatic carbocycles. The van der Waals surface area contributed by atoms with Crippen molar-refractivity contribution in [1.29, 1.82) is 0 Å². The molecule has 0 heterocycles. The van der Waals surface area contributed by atoms with Crippen molar-refractivity contribution in [2.45, 2.75) is 57.8 Å². The highest BCUT2D eigenvalue weighted by Crippen LogP contribution is 2.48. The standard InChI is InChI=1S/C22H24F4/c1-2-12-3-4-14-8-15(6-5-13(14)7-12)16-9-17-11-19(24)21(25)22(26)20(17)18(23)10-16/h9-15H,2-8H2,1H3. The molecule has 0 radical (unpaired) electrons. The van der Waals surface area contributed by atoms with Gasteiger partial charge in [-0.2, -0.15) is 0 Å². The number of rotatable bonds is 2. The number of hydrogen-bond acceptors (Lipinski definition) is 0. The van der Waals surface area contributed by atoms with Gasteiger partial charge in [-0.25, -0.2) is 17.6 Å². The first kappa shape index (κ1) is 17.8. The molecule has 0 N–H and O–H groups in total. The van der Waals surface area contributed by atoms with Crippen molar-refractivity contribution in [2.75, 3.05) is 0 Å². The molecule has 0 bridgehead atoms. The Morgan fingerprint density at radius 1 is 0.808 bits per heavy atom. The number of benzene rings is 2. The van der Waals surface area contributed by atoms with Crippen molar-refractivity contribution >= 4 is 10.8 Å². The van der Waals surface area contributed by atoms with E-state index < -0.39 is 28.7 Å². The Morgan fingerprint density at radius 2 is 1.54 bits per heavy atom. The van der Waals surface area contributed by atoms with Crippen LogP contribution >= 0.6 is 0 Å². The van der Waals surface area contributed by atoms with Crippen LogP contribution in [0.2, 0.25) is 0 Å². The van der Waals surface area contributed by atoms with Gasteiger partial charge in [-0.05, 0) is 78.9 Å². The summed E-state index contributed by atoms with van der Waals surface area (Å²) < 4.78 is 55.4. The highest BCUT2D eigenvalue weighted by molar-refractivity contribution is 5.84. The molecule has 2 aromatic carbocycles. The van der Waals surface area contributed by atoms with Crippen LogP contribution < -0.4 is 0 Å². The van der Waals surface area contributed by atoms with E-state index in [1.54, 1.807) is 6.07 Å². The van der Waals surface area contributed by atoms with Crippen LogP contribution in [-0.4, -0.2) is 0 Å². The summed E-state index contributed by atoms with van der Waals surface area (Å²) in [4.78, 5) is 0. The predicted octanol–water partition coefficient (Wildman–Crippen LogP) is 7.11. The van der Waals surface area contributed by atoms with Crippen LogP contribution in [0.3, 0.4) is 0 Å². The topological polar surface area (TPSA) is 0 Å². The molecule has 4 unspecified atom stereocenters. The maximum Gasteiger partial charge on any atom is 0.195 e. The Bertz CT molecular complexity index is 829. The van der Waals surface area contributed by atoms with Crippen LogP contribution in [0.15, 0.2) is 18.2 Å². The molecular weight excluding hydrogens is 340 g/mol. The van der Waals surface area contributed by atoms with E-state index in [4.69, 9.17) is 0 Å². The third-order valence-corrected chi connectivity index (χ3v) is 6.82. The van der Waals surface area contributed by atoms with E-state index in [0.29, 0.717) is 5.92 Å². The quantitative estimate of drug-likeness (QED) is 0.393. The highest BCUT2D eigenvalue weighted by Gasteiger charge is 2.35. The Morgan fingerprint density at radius 3 is 2.31 bits per heavy atom. The second kappa shape index (κ2) is 6.86. The van der Waals surface area contributed by atoms with Crippen molar-refractivity contribution in [3.8, 4) is 0 Å². The maximum absolute atomic E-state index is 14.5. The largest absolute Gasteiger partial charge is 0.206 e. The lowest BCUT2D eigenvalue weighted by Crippen LogP contribution is -2.30. The zero-order chi connectivity index (χ0) is 18.4. The fourth-order valence-electron chi connectivity index (χ4n) is 5.31. The van der Waals surface area contributed by atoms with E-state index in [-0.39, 0.29) is 11.3 Å². The summed E-state index contributed by atoms with van der Waals surface area (Å²) in [7, 11) is 0. The van der Waals surface area contributed by atoms with Crippen molar-refractivity contribution < 1.29 is 17.6 Å². The average molecular weight is 364 g/mol. The molecule has 26 heavy (non-hydrogen) atoms. The second-order valence-electron chi connectivity index (χ2n) is 8.20. The van der Waals surface area contributed by atoms with Crippen LogP contribution in [0.1, 0.15) is 63.4 Å². The normalized spacial score (nSPS) is 29.0. The summed E-state index contributed by atoms with van der Waals surface area (Å²) >= 11 is 0. The van der Waals surface area contributed by atoms with Gasteiger partial charge < -0.3 is 0 Å². The summed E-state index contributed by atoms with van der Waals surface area (Å²) in [6, 6.07) is 3.87. The molecule has 4 rings (SSSR count). The molecule has 0 nitrogen and oxygen atoms in total. The van der Waals surface area contributed by atoms with Crippen molar-refractivity contribution in [3.63, 3.8) is 0 Å². The maximum atomic E-state index is 14.5. The Hall–Kier alpha value is -1.58. The highest BCUT2D eigenvalue weighted by atomic mass is 19.2. The molecule has 0 amide bonds. The van der Waals surface area contributed by atoms with Crippen molar-refractivity contribution in [1.82, 2.24) is 0 Å². The molecule has 0 aliphatic heterocycles. The number of halogens is 4. The summed E-state index contributed by atoms with van der Waals surface area (Å²) in [6.45, 7) is 2.26. The van der Waals surface area contributed by atoms with Gasteiger partial charge in [-0.3, -0.25) is 0 Å². The smallest absolute Gasteiger partial charge is 0.195 e. The molecule has 140 valence electrons. The molecule has 4 atom stereocenters. The first-order valence-corrected chi connectivity index (χ1v) is 9.74. The SMILES string of the molecule is CCC1CCC2CC(c3cc(F)c4c(F)c(F)c(F)cc4c3)CCC2C1. The zero-order valence-electron chi connectivity index (χ0n) is 15.0. The van der Waals surface area contributed by atoms with Crippen LogP contribution in [0, 0.1) is 41.0 Å². The second-order valence-corrected chi connectivity index (χ2v) is 8.20. The number of fused-ring (bicyclic) bond motifs is 2. The van der Waals surface area contributed by atoms with Crippen LogP contribution in [0.25, 0.3) is 10.8 Å². The minimum absolute atomic E-state index is 0.105. The number of hydrogen-bond donors (Lipinski definition) is 0. The lowest BCUT2D eigenvalue weighted by atomic mass is 9.63. The van der Waals surface area contributed by atoms with E-state index in [1.165, 1.54) is 31.7 Å². The Balaban J connectivity index is 1.63. The van der Waals surface area contributed by atoms with Gasteiger partial charge >= 0.3 is 0 Å². The fraction of sp³-hybridized carbons (Fsp3) is 0.545. The fourth-order valence-corrected chi connectivity index (χ4v) is 5.31. The first-order chi connectivity index (χ1) is 12.5. The molecular formula is C22H24F4. The Kier molecular flexibility index (Phi) is 4.70. The Labute approximate surface area is 151 Å². The van der Waals surface area contributed by atoms with E-state index in [9.17, 15) is 17.6 Å². The molecule has 0 spiro atoms. The van der Waals surface area contributed by atoms with E-state index >= 15 is 0 Å². The minimum Gasteiger partial charge on any atom is -0.206 e. The van der Waals surface area contributed by atoms with Crippen molar-refractivity contribution in [3.05, 3.63) is 47.0 Å². The van der Waals surface area contributed by atoms with E-state index in [0.717, 1.165) is 42.7 Å². The van der Waals surface area contributed by atoms with Gasteiger partial charge in [0.05, 0.1) is 5.39 Å². The van der Waals surface area contributed by atoms with Gasteiger partial charge in [-0.15, -0.1) is 0 Å². The lowest BCUT2D eigenvalue weighted by molar-refractivity contribution is 0.116. The third-order valence-electron chi connectivity index (χ3n) is 6.82. The summed E-state index contributed by atoms with van der Waals surface area (Å²) in [5.74, 6) is -2.64. The molecule has 2 aliphatic rings. The average Bonchev–Trinajstić information content (AvgIpc) is 2.64. The van der Waals surface area contributed by atoms with E-state index in [2.05, 4.69) is 6.92 Å². The first-order valence-electron chi connectivity index (χ1n) is 9.74. The van der Waals surface area contributed by atoms with Crippen LogP contribution in [0.4, 0.5) is 17.6 Å². The minimum atomic E-state index is -1.61. The van der Waals surface area contributed by atoms with Crippen LogP contribution in [-0.2, 0) is 0 Å². The molecule has 2 fully saturated rings. The van der Waals surface area contributed by atoms with E-state index in [1.807, 2.05) is 0 Å². The molecule has 4 heteroatoms. The van der Waals surface area contributed by atoms with Crippen LogP contribution in [0.5, 0.6) is 0 Å². The van der Waals surface area contributed by atoms with Gasteiger partial charge in [0, 0.05) is 0 Å². The van der Waals surface area contributed by atoms with Gasteiger partial charge in [0.1, 0.15) is 5.82 Å². The monoisotopic (exact) mass is 364 g/mol.